The van der Waals surface area contributed by atoms with Crippen molar-refractivity contribution in [2.75, 3.05) is 0 Å². The first-order valence-electron chi connectivity index (χ1n) is 3.31. The van der Waals surface area contributed by atoms with Crippen LogP contribution < -0.4 is 0 Å². The van der Waals surface area contributed by atoms with Crippen molar-refractivity contribution in [3.05, 3.63) is 37.2 Å². The van der Waals surface area contributed by atoms with Crippen LogP contribution in [0.3, 0.4) is 0 Å². The molecule has 5 nitrogen and oxygen atoms in total. The Hall–Kier alpha value is -1.25. The second kappa shape index (κ2) is 3.86. The molecule has 1 aromatic carbocycles. The number of halogens is 2. The Morgan fingerprint density at radius 3 is 2.57 bits per heavy atom. The molecule has 1 N–H and O–H groups in total. The van der Waals surface area contributed by atoms with Crippen LogP contribution in [0.4, 0.5) is 10.1 Å². The predicted octanol–water partition coefficient (Wildman–Crippen LogP) is 2.04. The molecule has 1 aromatic rings. The molecule has 0 amide bonds. The third-order valence-electron chi connectivity index (χ3n) is 1.48. The maximum atomic E-state index is 12.9. The Morgan fingerprint density at radius 2 is 2.14 bits per heavy atom. The Bertz CT molecular complexity index is 420. The number of benzene rings is 1. The summed E-state index contributed by atoms with van der Waals surface area (Å²) in [5.74, 6) is -2.50. The van der Waals surface area contributed by atoms with Gasteiger partial charge in [0.1, 0.15) is 15.0 Å². The maximum Gasteiger partial charge on any atom is 0.340 e. The quantitative estimate of drug-likeness (QED) is 0.515. The number of rotatable bonds is 2. The molecule has 74 valence electrons. The molecular weight excluding hydrogens is 308 g/mol. The predicted molar refractivity (Wildman–Crippen MR) is 52.7 cm³/mol. The first-order valence-corrected chi connectivity index (χ1v) is 4.38. The van der Waals surface area contributed by atoms with E-state index in [9.17, 15) is 19.3 Å². The molecule has 0 heterocycles. The highest BCUT2D eigenvalue weighted by atomic mass is 127. The fourth-order valence-electron chi connectivity index (χ4n) is 0.879. The number of hydrogen-bond acceptors (Lipinski definition) is 3. The molecule has 14 heavy (non-hydrogen) atoms. The maximum absolute atomic E-state index is 12.9. The van der Waals surface area contributed by atoms with Crippen LogP contribution in [0.25, 0.3) is 0 Å². The molecule has 0 fully saturated rings. The molecule has 0 saturated heterocycles. The van der Waals surface area contributed by atoms with Gasteiger partial charge in [0.2, 0.25) is 0 Å². The summed E-state index contributed by atoms with van der Waals surface area (Å²) in [7, 11) is 0. The molecule has 0 aromatic heterocycles. The van der Waals surface area contributed by atoms with Crippen LogP contribution >= 0.6 is 22.6 Å². The largest absolute Gasteiger partial charge is 0.478 e. The highest BCUT2D eigenvalue weighted by molar-refractivity contribution is 14.1. The van der Waals surface area contributed by atoms with Crippen molar-refractivity contribution in [1.82, 2.24) is 0 Å². The summed E-state index contributed by atoms with van der Waals surface area (Å²) in [6, 6.07) is 1.70. The second-order valence-electron chi connectivity index (χ2n) is 2.32. The smallest absolute Gasteiger partial charge is 0.340 e. The Labute approximate surface area is 90.8 Å². The summed E-state index contributed by atoms with van der Waals surface area (Å²) in [4.78, 5) is 20.2. The van der Waals surface area contributed by atoms with Crippen LogP contribution in [0, 0.1) is 19.5 Å². The van der Waals surface area contributed by atoms with Crippen LogP contribution in [-0.2, 0) is 0 Å². The van der Waals surface area contributed by atoms with Crippen molar-refractivity contribution >= 4 is 34.2 Å². The lowest BCUT2D eigenvalue weighted by Gasteiger charge is -2.01. The number of hydrogen-bond donors (Lipinski definition) is 1. The zero-order chi connectivity index (χ0) is 10.9. The minimum absolute atomic E-state index is 0.208. The topological polar surface area (TPSA) is 80.4 Å². The van der Waals surface area contributed by atoms with Gasteiger partial charge in [-0.1, -0.05) is 0 Å². The van der Waals surface area contributed by atoms with E-state index in [4.69, 9.17) is 5.11 Å². The van der Waals surface area contributed by atoms with Crippen LogP contribution in [0.1, 0.15) is 10.4 Å². The Kier molecular flexibility index (Phi) is 2.99. The van der Waals surface area contributed by atoms with Gasteiger partial charge in [-0.25, -0.2) is 9.18 Å². The normalized spacial score (nSPS) is 9.86. The monoisotopic (exact) mass is 311 g/mol. The van der Waals surface area contributed by atoms with Crippen molar-refractivity contribution < 1.29 is 19.2 Å². The lowest BCUT2D eigenvalue weighted by Crippen LogP contribution is -2.06. The molecule has 0 unspecified atom stereocenters. The summed E-state index contributed by atoms with van der Waals surface area (Å²) in [6.45, 7) is 0. The highest BCUT2D eigenvalue weighted by Crippen LogP contribution is 2.26. The van der Waals surface area contributed by atoms with Crippen molar-refractivity contribution in [3.8, 4) is 0 Å². The van der Waals surface area contributed by atoms with Gasteiger partial charge in [-0.05, 0) is 28.7 Å². The first kappa shape index (κ1) is 10.8. The average molecular weight is 311 g/mol. The number of carbonyl (C=O) groups is 1. The van der Waals surface area contributed by atoms with E-state index in [2.05, 4.69) is 0 Å². The highest BCUT2D eigenvalue weighted by Gasteiger charge is 2.23. The molecule has 0 spiro atoms. The summed E-state index contributed by atoms with van der Waals surface area (Å²) in [5.41, 5.74) is -1.08. The molecule has 1 rings (SSSR count). The summed E-state index contributed by atoms with van der Waals surface area (Å²) < 4.78 is 12.7. The van der Waals surface area contributed by atoms with Gasteiger partial charge in [-0.15, -0.1) is 0 Å². The zero-order valence-corrected chi connectivity index (χ0v) is 8.69. The first-order chi connectivity index (χ1) is 6.45. The molecule has 0 saturated carbocycles. The van der Waals surface area contributed by atoms with Gasteiger partial charge in [0.15, 0.2) is 0 Å². The third kappa shape index (κ3) is 1.81. The van der Waals surface area contributed by atoms with Gasteiger partial charge in [0, 0.05) is 6.07 Å². The van der Waals surface area contributed by atoms with E-state index >= 15 is 0 Å². The Balaban J connectivity index is 3.49. The zero-order valence-electron chi connectivity index (χ0n) is 6.53. The number of nitro groups is 1. The van der Waals surface area contributed by atoms with Crippen molar-refractivity contribution in [3.63, 3.8) is 0 Å². The number of nitrogens with zero attached hydrogens (tertiary/aromatic N) is 1. The van der Waals surface area contributed by atoms with Gasteiger partial charge in [0.05, 0.1) is 4.92 Å². The van der Waals surface area contributed by atoms with Gasteiger partial charge < -0.3 is 5.11 Å². The van der Waals surface area contributed by atoms with E-state index in [1.165, 1.54) is 22.6 Å². The van der Waals surface area contributed by atoms with E-state index in [-0.39, 0.29) is 3.57 Å². The van der Waals surface area contributed by atoms with Crippen molar-refractivity contribution in [2.45, 2.75) is 0 Å². The van der Waals surface area contributed by atoms with E-state index in [0.29, 0.717) is 0 Å². The molecule has 0 aliphatic carbocycles. The molecular formula is C7H3FINO4. The van der Waals surface area contributed by atoms with Crippen LogP contribution in [0.2, 0.25) is 0 Å². The van der Waals surface area contributed by atoms with E-state index < -0.39 is 28.0 Å². The second-order valence-corrected chi connectivity index (χ2v) is 3.40. The van der Waals surface area contributed by atoms with Gasteiger partial charge in [0.25, 0.3) is 5.69 Å². The van der Waals surface area contributed by atoms with E-state index in [1.54, 1.807) is 0 Å². The van der Waals surface area contributed by atoms with E-state index in [1.807, 2.05) is 0 Å². The number of carboxylic acid groups (broad SMARTS) is 1. The van der Waals surface area contributed by atoms with Crippen LogP contribution in [0.15, 0.2) is 12.1 Å². The molecule has 0 bridgehead atoms. The molecule has 0 radical (unpaired) electrons. The number of nitro benzene ring substituents is 1. The lowest BCUT2D eigenvalue weighted by molar-refractivity contribution is -0.385. The van der Waals surface area contributed by atoms with Gasteiger partial charge in [-0.2, -0.15) is 0 Å². The van der Waals surface area contributed by atoms with Crippen LogP contribution in [-0.4, -0.2) is 16.0 Å². The molecule has 0 aliphatic rings. The van der Waals surface area contributed by atoms with Crippen molar-refractivity contribution in [1.29, 1.82) is 0 Å². The van der Waals surface area contributed by atoms with Crippen LogP contribution in [0.5, 0.6) is 0 Å². The fraction of sp³-hybridized carbons (Fsp3) is 0. The van der Waals surface area contributed by atoms with Crippen molar-refractivity contribution in [2.24, 2.45) is 0 Å². The Morgan fingerprint density at radius 1 is 1.57 bits per heavy atom. The van der Waals surface area contributed by atoms with Gasteiger partial charge >= 0.3 is 5.97 Å². The SMILES string of the molecule is O=C(O)c1c(F)ccc([N+](=O)[O-])c1I. The molecule has 0 aliphatic heterocycles. The lowest BCUT2D eigenvalue weighted by atomic mass is 10.2. The fourth-order valence-corrected chi connectivity index (χ4v) is 1.74. The van der Waals surface area contributed by atoms with Gasteiger partial charge in [-0.3, -0.25) is 10.1 Å². The summed E-state index contributed by atoms with van der Waals surface area (Å²) >= 11 is 1.43. The van der Waals surface area contributed by atoms with E-state index in [0.717, 1.165) is 12.1 Å². The molecule has 7 heteroatoms. The number of carboxylic acids is 1. The number of aromatic carboxylic acids is 1. The summed E-state index contributed by atoms with van der Waals surface area (Å²) in [5, 5.41) is 19.0. The molecule has 0 atom stereocenters. The average Bonchev–Trinajstić information content (AvgIpc) is 2.02. The minimum atomic E-state index is -1.52. The summed E-state index contributed by atoms with van der Waals surface area (Å²) in [6.07, 6.45) is 0. The minimum Gasteiger partial charge on any atom is -0.478 e. The third-order valence-corrected chi connectivity index (χ3v) is 2.57. The standard InChI is InChI=1S/C7H3FINO4/c8-3-1-2-4(10(13)14)6(9)5(3)7(11)12/h1-2H,(H,11,12).